The zero-order chi connectivity index (χ0) is 46.8. The predicted molar refractivity (Wildman–Crippen MR) is 256 cm³/mol. The number of phenolic OH excluding ortho intramolecular Hbond substituents is 5. The topological polar surface area (TPSA) is 197 Å². The van der Waals surface area contributed by atoms with Crippen molar-refractivity contribution in [2.24, 2.45) is 35.3 Å². The van der Waals surface area contributed by atoms with Gasteiger partial charge in [-0.1, -0.05) is 79.1 Å². The van der Waals surface area contributed by atoms with Crippen LogP contribution in [0.25, 0.3) is 11.3 Å². The van der Waals surface area contributed by atoms with Crippen molar-refractivity contribution in [2.45, 2.75) is 100 Å². The Morgan fingerprint density at radius 1 is 0.779 bits per heavy atom. The maximum Gasteiger partial charge on any atom is 0.200 e. The molecule has 3 fully saturated rings. The number of aliphatic hydroxyl groups is 1. The number of benzene rings is 5. The predicted octanol–water partition coefficient (Wildman–Crippen LogP) is 9.59. The van der Waals surface area contributed by atoms with E-state index in [1.54, 1.807) is 54.6 Å². The first-order valence-electron chi connectivity index (χ1n) is 24.4. The summed E-state index contributed by atoms with van der Waals surface area (Å²) in [6.07, 6.45) is 8.00. The van der Waals surface area contributed by atoms with Gasteiger partial charge in [-0.15, -0.1) is 5.69 Å². The lowest BCUT2D eigenvalue weighted by molar-refractivity contribution is -0.136. The third-order valence-corrected chi connectivity index (χ3v) is 17.0. The molecule has 8 N–H and O–H groups in total. The van der Waals surface area contributed by atoms with E-state index in [1.807, 2.05) is 24.4 Å². The van der Waals surface area contributed by atoms with Crippen molar-refractivity contribution in [3.63, 3.8) is 0 Å². The number of Topliss-reactive ketones (excluding diaryl/α,β-unsaturated/α-hetero) is 1. The minimum Gasteiger partial charge on any atom is -0.663 e. The molecule has 1 aromatic heterocycles. The van der Waals surface area contributed by atoms with Gasteiger partial charge < -0.3 is 45.1 Å². The fourth-order valence-corrected chi connectivity index (χ4v) is 14.4. The number of phenols is 5. The van der Waals surface area contributed by atoms with Crippen molar-refractivity contribution in [3.05, 3.63) is 148 Å². The van der Waals surface area contributed by atoms with E-state index in [1.165, 1.54) is 11.1 Å². The third-order valence-electron chi connectivity index (χ3n) is 17.0. The molecule has 0 spiro atoms. The van der Waals surface area contributed by atoms with E-state index in [4.69, 9.17) is 20.2 Å². The van der Waals surface area contributed by atoms with E-state index in [2.05, 4.69) is 30.3 Å². The molecule has 0 radical (unpaired) electrons. The number of nitrogens with zero attached hydrogens (tertiary/aromatic N) is 1. The molecule has 5 aromatic carbocycles. The number of fused-ring (bicyclic) bond motifs is 8. The van der Waals surface area contributed by atoms with E-state index >= 15 is 0 Å². The smallest absolute Gasteiger partial charge is 0.200 e. The van der Waals surface area contributed by atoms with Crippen molar-refractivity contribution < 1.29 is 44.9 Å². The maximum absolute atomic E-state index is 15.0. The number of carbonyl (C=O) groups is 1. The minimum atomic E-state index is -1.03. The molecule has 11 nitrogen and oxygen atoms in total. The number of hydrogen-bond acceptors (Lipinski definition) is 10. The fourth-order valence-electron chi connectivity index (χ4n) is 14.4. The number of rotatable bonds is 12. The zero-order valence-corrected chi connectivity index (χ0v) is 38.0. The van der Waals surface area contributed by atoms with Gasteiger partial charge in [0.15, 0.2) is 23.0 Å². The van der Waals surface area contributed by atoms with Crippen LogP contribution in [0.2, 0.25) is 0 Å². The van der Waals surface area contributed by atoms with Crippen LogP contribution in [-0.2, 0) is 29.7 Å². The Bertz CT molecular complexity index is 2860. The summed E-state index contributed by atoms with van der Waals surface area (Å²) in [4.78, 5) is 19.9. The average molecular weight is 916 g/mol. The molecule has 0 amide bonds. The van der Waals surface area contributed by atoms with Crippen molar-refractivity contribution in [1.82, 2.24) is 4.98 Å². The van der Waals surface area contributed by atoms with Crippen LogP contribution in [0.1, 0.15) is 108 Å². The molecular formula is C57H59N2O9-. The lowest BCUT2D eigenvalue weighted by atomic mass is 9.45. The first kappa shape index (κ1) is 44.1. The van der Waals surface area contributed by atoms with Crippen LogP contribution in [-0.4, -0.2) is 49.3 Å². The maximum atomic E-state index is 15.0. The molecule has 6 aliphatic carbocycles. The molecule has 68 heavy (non-hydrogen) atoms. The molecule has 10 unspecified atom stereocenters. The highest BCUT2D eigenvalue weighted by atomic mass is 16.5. The molecule has 2 bridgehead atoms. The van der Waals surface area contributed by atoms with Gasteiger partial charge in [0.25, 0.3) is 0 Å². The van der Waals surface area contributed by atoms with E-state index in [9.17, 15) is 35.4 Å². The monoisotopic (exact) mass is 915 g/mol. The number of nitrogens with two attached hydrogens (primary N) is 1. The van der Waals surface area contributed by atoms with Gasteiger partial charge in [-0.2, -0.15) is 6.20 Å². The van der Waals surface area contributed by atoms with Crippen LogP contribution in [0.4, 0.5) is 0 Å². The van der Waals surface area contributed by atoms with Gasteiger partial charge in [0.05, 0.1) is 6.10 Å². The molecule has 352 valence electrons. The molecule has 1 heterocycles. The average Bonchev–Trinajstić information content (AvgIpc) is 3.71. The quantitative estimate of drug-likeness (QED) is 0.0456. The van der Waals surface area contributed by atoms with Crippen LogP contribution >= 0.6 is 0 Å². The number of carbonyl (C=O) groups excluding carboxylic acids is 1. The summed E-state index contributed by atoms with van der Waals surface area (Å²) < 4.78 is 12.1. The summed E-state index contributed by atoms with van der Waals surface area (Å²) in [5, 5.41) is 68.2. The first-order chi connectivity index (χ1) is 33.0. The van der Waals surface area contributed by atoms with Crippen molar-refractivity contribution >= 4 is 5.78 Å². The Morgan fingerprint density at radius 3 is 2.43 bits per heavy atom. The number of aryl methyl sites for hydroxylation is 1. The van der Waals surface area contributed by atoms with Crippen molar-refractivity contribution in [3.8, 4) is 51.5 Å². The molecule has 3 saturated carbocycles. The number of aromatic nitrogens is 1. The highest BCUT2D eigenvalue weighted by Crippen LogP contribution is 2.71. The standard InChI is InChI=1S/C57H59N2O9/c58-30-68-49-24-32(14-18-47(49)63)13-17-46(62)41-25-34(22-31-11-15-36(60)16-12-31)40-26-35-27-45(57-20-4-3-10-44(57)39-19-21-59-53(39)38-8-1-2-9-43(38)57)51(52(40)54(41)65)42-28-48(64)55(66)56(50(35)42)67-29-33-6-5-7-37(61)23-33/h1-2,5-9,11-12,14-16,18-19,21,23-24,28,34-35,40-41,44-45,51-52,54,60-61,63-66H,3-4,10,13,17,20,22,25-27,29-30,58H2/q-1. The molecule has 6 aromatic rings. The van der Waals surface area contributed by atoms with Crippen LogP contribution in [0.15, 0.2) is 109 Å². The summed E-state index contributed by atoms with van der Waals surface area (Å²) in [6, 6.07) is 31.8. The molecule has 12 rings (SSSR count). The number of hydrogen-bond donors (Lipinski definition) is 7. The van der Waals surface area contributed by atoms with Gasteiger partial charge in [0.1, 0.15) is 30.6 Å². The van der Waals surface area contributed by atoms with Gasteiger partial charge in [0, 0.05) is 23.3 Å². The number of aromatic hydroxyl groups is 5. The van der Waals surface area contributed by atoms with Gasteiger partial charge in [0.2, 0.25) is 5.75 Å². The SMILES string of the molecule is NCOc1cc(CCC(=O)C2CC(Cc3ccc(O)cc3)C3CC4CC(C56CCCCC5c5cc[n-]c5-c5ccccc56)C(c5cc(O)c(O)c(OCc6cccc(O)c6)c54)C3C2O)ccc1O. The zero-order valence-electron chi connectivity index (χ0n) is 38.0. The van der Waals surface area contributed by atoms with Crippen molar-refractivity contribution in [2.75, 3.05) is 6.73 Å². The van der Waals surface area contributed by atoms with Crippen molar-refractivity contribution in [1.29, 1.82) is 0 Å². The van der Waals surface area contributed by atoms with Crippen LogP contribution in [0.3, 0.4) is 0 Å². The molecule has 10 atom stereocenters. The first-order valence-corrected chi connectivity index (χ1v) is 24.4. The fraction of sp³-hybridized carbons (Fsp3) is 0.386. The lowest BCUT2D eigenvalue weighted by Crippen LogP contribution is -2.54. The Labute approximate surface area is 396 Å². The van der Waals surface area contributed by atoms with E-state index in [0.29, 0.717) is 31.2 Å². The number of ether oxygens (including phenoxy) is 2. The van der Waals surface area contributed by atoms with Gasteiger partial charge in [-0.25, -0.2) is 0 Å². The molecule has 0 aliphatic heterocycles. The second-order valence-electron chi connectivity index (χ2n) is 20.3. The Kier molecular flexibility index (Phi) is 11.4. The van der Waals surface area contributed by atoms with E-state index in [0.717, 1.165) is 65.6 Å². The van der Waals surface area contributed by atoms with Gasteiger partial charge in [-0.3, -0.25) is 10.5 Å². The van der Waals surface area contributed by atoms with Crippen LogP contribution in [0, 0.1) is 29.6 Å². The Hall–Kier alpha value is -6.43. The van der Waals surface area contributed by atoms with Gasteiger partial charge >= 0.3 is 0 Å². The highest BCUT2D eigenvalue weighted by Gasteiger charge is 2.63. The lowest BCUT2D eigenvalue weighted by Gasteiger charge is -2.59. The summed E-state index contributed by atoms with van der Waals surface area (Å²) in [5.41, 5.74) is 14.2. The Morgan fingerprint density at radius 2 is 1.60 bits per heavy atom. The van der Waals surface area contributed by atoms with Crippen LogP contribution in [0.5, 0.6) is 40.2 Å². The number of aliphatic hydroxyl groups excluding tert-OH is 1. The second-order valence-corrected chi connectivity index (χ2v) is 20.3. The molecule has 0 saturated heterocycles. The van der Waals surface area contributed by atoms with Gasteiger partial charge in [-0.05, 0) is 162 Å². The second kappa shape index (κ2) is 17.6. The Balaban J connectivity index is 1.08. The van der Waals surface area contributed by atoms with Crippen LogP contribution < -0.4 is 20.2 Å². The molecule has 6 aliphatic rings. The number of ketones is 1. The minimum absolute atomic E-state index is 0.0344. The molecular weight excluding hydrogens is 857 g/mol. The third kappa shape index (κ3) is 7.37. The summed E-state index contributed by atoms with van der Waals surface area (Å²) >= 11 is 0. The van der Waals surface area contributed by atoms with E-state index < -0.39 is 17.9 Å². The normalized spacial score (nSPS) is 27.7. The summed E-state index contributed by atoms with van der Waals surface area (Å²) in [7, 11) is 0. The highest BCUT2D eigenvalue weighted by molar-refractivity contribution is 5.82. The summed E-state index contributed by atoms with van der Waals surface area (Å²) in [5.74, 6) is -1.56. The van der Waals surface area contributed by atoms with E-state index in [-0.39, 0.29) is 107 Å². The largest absolute Gasteiger partial charge is 0.663 e. The summed E-state index contributed by atoms with van der Waals surface area (Å²) in [6.45, 7) is -0.0659. The molecule has 11 heteroatoms.